The first-order valence-electron chi connectivity index (χ1n) is 11.9. The molecule has 0 aromatic rings. The van der Waals surface area contributed by atoms with Crippen LogP contribution < -0.4 is 0 Å². The summed E-state index contributed by atoms with van der Waals surface area (Å²) in [4.78, 5) is 21.7. The van der Waals surface area contributed by atoms with Gasteiger partial charge < -0.3 is 29.6 Å². The Morgan fingerprint density at radius 2 is 1.38 bits per heavy atom. The van der Waals surface area contributed by atoms with Crippen LogP contribution in [0.1, 0.15) is 95.9 Å². The summed E-state index contributed by atoms with van der Waals surface area (Å²) in [7, 11) is -1.52. The minimum absolute atomic E-state index is 0.0220. The first kappa shape index (κ1) is 35.1. The lowest BCUT2D eigenvalue weighted by molar-refractivity contribution is -0.148. The minimum Gasteiger partial charge on any atom is -0.508 e. The number of aliphatic hydroxyl groups excluding tert-OH is 1. The van der Waals surface area contributed by atoms with Gasteiger partial charge in [0, 0.05) is 6.32 Å². The molecule has 1 aliphatic heterocycles. The van der Waals surface area contributed by atoms with Crippen LogP contribution in [0.15, 0.2) is 0 Å². The van der Waals surface area contributed by atoms with Gasteiger partial charge in [-0.1, -0.05) is 83.1 Å². The van der Waals surface area contributed by atoms with Crippen LogP contribution in [0.3, 0.4) is 0 Å². The van der Waals surface area contributed by atoms with E-state index in [1.165, 1.54) is 0 Å². The molecule has 0 aromatic heterocycles. The van der Waals surface area contributed by atoms with Gasteiger partial charge in [-0.25, -0.2) is 4.79 Å². The van der Waals surface area contributed by atoms with E-state index in [0.717, 1.165) is 6.32 Å². The van der Waals surface area contributed by atoms with Crippen molar-refractivity contribution in [2.45, 2.75) is 121 Å². The normalized spacial score (nSPS) is 17.7. The maximum Gasteiger partial charge on any atom is 0.528 e. The number of carboxylic acids is 1. The highest BCUT2D eigenvalue weighted by molar-refractivity contribution is 6.49. The fraction of sp³-hybridized carbons (Fsp3) is 0.917. The molecule has 0 aromatic carbocycles. The molecular formula is C24H50B2O8. The van der Waals surface area contributed by atoms with Gasteiger partial charge in [-0.3, -0.25) is 4.79 Å². The molecule has 8 nitrogen and oxygen atoms in total. The molecular weight excluding hydrogens is 438 g/mol. The van der Waals surface area contributed by atoms with Crippen LogP contribution >= 0.6 is 0 Å². The summed E-state index contributed by atoms with van der Waals surface area (Å²) in [5.41, 5.74) is 0.0911. The highest BCUT2D eigenvalue weighted by Gasteiger charge is 2.43. The highest BCUT2D eigenvalue weighted by atomic mass is 16.7. The van der Waals surface area contributed by atoms with Crippen LogP contribution in [0.4, 0.5) is 0 Å². The Bertz CT molecular complexity index is 610. The topological polar surface area (TPSA) is 134 Å². The van der Waals surface area contributed by atoms with Gasteiger partial charge in [0.25, 0.3) is 0 Å². The van der Waals surface area contributed by atoms with E-state index in [1.54, 1.807) is 0 Å². The van der Waals surface area contributed by atoms with Crippen molar-refractivity contribution in [2.24, 2.45) is 21.7 Å². The van der Waals surface area contributed by atoms with Gasteiger partial charge in [-0.15, -0.1) is 0 Å². The Morgan fingerprint density at radius 3 is 1.62 bits per heavy atom. The molecule has 34 heavy (non-hydrogen) atoms. The van der Waals surface area contributed by atoms with E-state index >= 15 is 0 Å². The zero-order valence-corrected chi connectivity index (χ0v) is 23.6. The zero-order chi connectivity index (χ0) is 27.7. The van der Waals surface area contributed by atoms with Crippen molar-refractivity contribution in [3.8, 4) is 0 Å². The number of rotatable bonds is 5. The van der Waals surface area contributed by atoms with Crippen molar-refractivity contribution in [1.29, 1.82) is 0 Å². The first-order valence-corrected chi connectivity index (χ1v) is 11.9. The third-order valence-corrected chi connectivity index (χ3v) is 4.29. The number of hydrogen-bond acceptors (Lipinski definition) is 7. The van der Waals surface area contributed by atoms with Crippen molar-refractivity contribution in [2.75, 3.05) is 0 Å². The van der Waals surface area contributed by atoms with Gasteiger partial charge in [0.2, 0.25) is 0 Å². The Kier molecular flexibility index (Phi) is 14.3. The molecule has 4 N–H and O–H groups in total. The molecule has 0 spiro atoms. The van der Waals surface area contributed by atoms with Gasteiger partial charge >= 0.3 is 26.2 Å². The van der Waals surface area contributed by atoms with E-state index in [-0.39, 0.29) is 40.9 Å². The molecule has 1 aliphatic rings. The predicted octanol–water partition coefficient (Wildman–Crippen LogP) is 4.27. The molecule has 1 fully saturated rings. The Morgan fingerprint density at radius 1 is 0.912 bits per heavy atom. The number of carbonyl (C=O) groups excluding carboxylic acids is 1. The largest absolute Gasteiger partial charge is 0.528 e. The summed E-state index contributed by atoms with van der Waals surface area (Å²) in [6, 6.07) is 0. The summed E-state index contributed by atoms with van der Waals surface area (Å²) in [6.45, 7) is 24.2. The summed E-state index contributed by atoms with van der Waals surface area (Å²) in [5.74, 6) is -1.35. The average Bonchev–Trinajstić information content (AvgIpc) is 2.79. The van der Waals surface area contributed by atoms with Crippen molar-refractivity contribution in [1.82, 2.24) is 0 Å². The molecule has 0 bridgehead atoms. The van der Waals surface area contributed by atoms with E-state index < -0.39 is 19.2 Å². The summed E-state index contributed by atoms with van der Waals surface area (Å²) < 4.78 is 10.9. The van der Waals surface area contributed by atoms with Crippen LogP contribution in [-0.2, 0) is 18.9 Å². The maximum atomic E-state index is 11.6. The highest BCUT2D eigenvalue weighted by Crippen LogP contribution is 2.31. The lowest BCUT2D eigenvalue weighted by Crippen LogP contribution is -2.25. The second kappa shape index (κ2) is 13.9. The molecule has 0 amide bonds. The molecule has 200 valence electrons. The summed E-state index contributed by atoms with van der Waals surface area (Å²) in [5, 5.41) is 34.0. The molecule has 10 heteroatoms. The summed E-state index contributed by atoms with van der Waals surface area (Å²) >= 11 is 0. The SMILES string of the molecule is CC(C)(C)CB(O)O.CC(C)(C)CB1OC(=O)C(CC(C)(C)C)O1.CC(C)(C)CC(O)C(=O)O. The van der Waals surface area contributed by atoms with Crippen LogP contribution in [0.25, 0.3) is 0 Å². The second-order valence-electron chi connectivity index (χ2n) is 13.9. The number of carbonyl (C=O) groups is 2. The van der Waals surface area contributed by atoms with E-state index in [1.807, 2.05) is 41.5 Å². The first-order chi connectivity index (χ1) is 14.8. The quantitative estimate of drug-likeness (QED) is 0.422. The van der Waals surface area contributed by atoms with Crippen molar-refractivity contribution in [3.63, 3.8) is 0 Å². The van der Waals surface area contributed by atoms with Crippen LogP contribution in [0.2, 0.25) is 12.6 Å². The van der Waals surface area contributed by atoms with E-state index in [9.17, 15) is 9.59 Å². The van der Waals surface area contributed by atoms with Crippen LogP contribution in [-0.4, -0.2) is 58.6 Å². The van der Waals surface area contributed by atoms with Gasteiger partial charge in [-0.2, -0.15) is 0 Å². The predicted molar refractivity (Wildman–Crippen MR) is 137 cm³/mol. The molecule has 2 atom stereocenters. The van der Waals surface area contributed by atoms with E-state index in [0.29, 0.717) is 19.2 Å². The molecule has 0 saturated carbocycles. The lowest BCUT2D eigenvalue weighted by atomic mass is 9.71. The molecule has 2 unspecified atom stereocenters. The fourth-order valence-electron chi connectivity index (χ4n) is 2.96. The fourth-order valence-corrected chi connectivity index (χ4v) is 2.96. The Balaban J connectivity index is 0. The molecule has 1 saturated heterocycles. The molecule has 1 heterocycles. The minimum atomic E-state index is -1.22. The van der Waals surface area contributed by atoms with Crippen molar-refractivity contribution < 1.29 is 39.2 Å². The van der Waals surface area contributed by atoms with Gasteiger partial charge in [0.1, 0.15) is 6.10 Å². The summed E-state index contributed by atoms with van der Waals surface area (Å²) in [6.07, 6.45) is 0.591. The standard InChI is InChI=1S/C12H23BO3.C7H14O3.C5H13BO2/c1-11(2,3)7-9-10(14)16-13(15-9)8-12(4,5)6;1-7(2,3)4-5(8)6(9)10;1-5(2,3)4-6(7)8/h9H,7-8H2,1-6H3;5,8H,4H2,1-3H3,(H,9,10);7-8H,4H2,1-3H3. The van der Waals surface area contributed by atoms with E-state index in [4.69, 9.17) is 29.6 Å². The molecule has 1 rings (SSSR count). The van der Waals surface area contributed by atoms with E-state index in [2.05, 4.69) is 41.5 Å². The third kappa shape index (κ3) is 22.7. The van der Waals surface area contributed by atoms with Crippen LogP contribution in [0, 0.1) is 21.7 Å². The van der Waals surface area contributed by atoms with Crippen molar-refractivity contribution in [3.05, 3.63) is 0 Å². The lowest BCUT2D eigenvalue weighted by Gasteiger charge is -2.21. The van der Waals surface area contributed by atoms with Gasteiger partial charge in [-0.05, 0) is 40.8 Å². The Labute approximate surface area is 208 Å². The Hall–Kier alpha value is -1.09. The third-order valence-electron chi connectivity index (χ3n) is 4.29. The monoisotopic (exact) mass is 488 g/mol. The molecule has 0 aliphatic carbocycles. The van der Waals surface area contributed by atoms with Crippen molar-refractivity contribution >= 4 is 26.2 Å². The molecule has 0 radical (unpaired) electrons. The number of aliphatic carboxylic acids is 1. The van der Waals surface area contributed by atoms with Gasteiger partial charge in [0.15, 0.2) is 6.10 Å². The smallest absolute Gasteiger partial charge is 0.508 e. The average molecular weight is 488 g/mol. The number of hydrogen-bond donors (Lipinski definition) is 4. The number of aliphatic hydroxyl groups is 1. The number of carboxylic acid groups (broad SMARTS) is 1. The zero-order valence-electron chi connectivity index (χ0n) is 23.6. The second-order valence-corrected chi connectivity index (χ2v) is 13.9. The van der Waals surface area contributed by atoms with Crippen LogP contribution in [0.5, 0.6) is 0 Å². The maximum absolute atomic E-state index is 11.6. The van der Waals surface area contributed by atoms with Gasteiger partial charge in [0.05, 0.1) is 0 Å².